The van der Waals surface area contributed by atoms with Gasteiger partial charge in [-0.15, -0.1) is 0 Å². The number of aromatic carboxylic acids is 1. The van der Waals surface area contributed by atoms with Crippen molar-refractivity contribution in [2.45, 2.75) is 149 Å². The molecule has 4 aliphatic carbocycles. The van der Waals surface area contributed by atoms with Gasteiger partial charge >= 0.3 is 24.1 Å². The molecule has 3 aromatic carbocycles. The third kappa shape index (κ3) is 17.4. The maximum atomic E-state index is 13.9. The molecule has 5 heterocycles. The van der Waals surface area contributed by atoms with Crippen LogP contribution in [-0.4, -0.2) is 149 Å². The summed E-state index contributed by atoms with van der Waals surface area (Å²) in [6, 6.07) is 23.1. The summed E-state index contributed by atoms with van der Waals surface area (Å²) in [6.07, 6.45) is 11.8. The van der Waals surface area contributed by atoms with Crippen LogP contribution in [0.1, 0.15) is 150 Å². The number of nitrogens with two attached hydrogens (primary N) is 1. The Hall–Kier alpha value is -10.3. The van der Waals surface area contributed by atoms with Crippen LogP contribution < -0.4 is 27.0 Å². The van der Waals surface area contributed by atoms with Crippen molar-refractivity contribution in [3.05, 3.63) is 132 Å². The number of carboxylic acid groups (broad SMARTS) is 2. The molecule has 0 spiro atoms. The van der Waals surface area contributed by atoms with E-state index in [0.29, 0.717) is 93.9 Å². The highest BCUT2D eigenvalue weighted by Crippen LogP contribution is 2.72. The summed E-state index contributed by atoms with van der Waals surface area (Å²) < 4.78 is 15.7. The number of aliphatic carboxylic acids is 1. The van der Waals surface area contributed by atoms with Crippen LogP contribution in [0.2, 0.25) is 0 Å². The second kappa shape index (κ2) is 30.9. The zero-order valence-corrected chi connectivity index (χ0v) is 58.7. The zero-order valence-electron chi connectivity index (χ0n) is 57.9. The minimum Gasteiger partial charge on any atom is -0.481 e. The first-order valence-electron chi connectivity index (χ1n) is 34.6. The van der Waals surface area contributed by atoms with E-state index in [0.717, 1.165) is 52.9 Å². The lowest BCUT2D eigenvalue weighted by atomic mass is 9.39. The number of urea groups is 1. The van der Waals surface area contributed by atoms with Crippen LogP contribution in [0.15, 0.2) is 109 Å². The van der Waals surface area contributed by atoms with Gasteiger partial charge < -0.3 is 46.3 Å². The largest absolute Gasteiger partial charge is 0.481 e. The number of amides is 8. The van der Waals surface area contributed by atoms with Crippen molar-refractivity contribution < 1.29 is 67.6 Å². The maximum Gasteiger partial charge on any atom is 0.410 e. The summed E-state index contributed by atoms with van der Waals surface area (Å²) in [6.45, 7) is 10.9. The number of unbranched alkanes of at least 4 members (excludes halogenated alkanes) is 2. The number of ether oxygens (including phenoxy) is 2. The van der Waals surface area contributed by atoms with E-state index in [4.69, 9.17) is 25.3 Å². The number of hydrogen-bond donors (Lipinski definition) is 7. The van der Waals surface area contributed by atoms with Crippen LogP contribution in [0.3, 0.4) is 0 Å². The van der Waals surface area contributed by atoms with E-state index >= 15 is 0 Å². The highest BCUT2D eigenvalue weighted by atomic mass is 32.1. The number of fused-ring (bicyclic) bond motifs is 2. The van der Waals surface area contributed by atoms with E-state index in [1.165, 1.54) is 28.4 Å². The van der Waals surface area contributed by atoms with Crippen molar-refractivity contribution in [2.75, 3.05) is 43.4 Å². The highest BCUT2D eigenvalue weighted by molar-refractivity contribution is 7.22. The summed E-state index contributed by atoms with van der Waals surface area (Å²) in [7, 11) is 0. The number of carbonyl (C=O) groups is 10. The number of hydrogen-bond acceptors (Lipinski definition) is 17. The number of Topliss-reactive ketones (excluding diaryl/α,β-unsaturated/α-hetero) is 1. The standard InChI is InChI=1S/C75H86N12O14S/c1-45(2)64(83-60(89)18-7-6-10-29-86-61(90)25-26-62(86)91)58(88)34-48(13-12-28-77-69(76)98)66(94)80-50-21-19-47(20-22-50)37-100-71(99)85(30-27-63(92)93)31-32-101-75-41-72(4)38-73(5,42-75)40-74(39-72,43-75)44-87-46(3)54(36-79-87)51-23-24-55(81-65(51)68(96)97)49-33-53-52(14-11-16-56(53)78-35-49)67(95)84-70-82-57-15-8-9-17-59(57)102-70/h8-9,11,14-17,19-26,33,35-36,45,48,64H,6-7,10,12-13,18,27-32,34,37-44H2,1-5H3,(H,80,94)(H,83,89)(H,92,93)(H,96,97)(H3,76,77,98)(H,82,84,95)/t48-,64+,72?,73?,74?,75?/m1/s1. The number of rotatable bonds is 33. The average Bonchev–Trinajstić information content (AvgIpc) is 0.790. The molecule has 27 heteroatoms. The minimum atomic E-state index is -1.22. The third-order valence-corrected chi connectivity index (χ3v) is 20.9. The number of pyridine rings is 2. The number of anilines is 2. The molecule has 0 saturated heterocycles. The lowest BCUT2D eigenvalue weighted by molar-refractivity contribution is -0.248. The topological polar surface area (TPSA) is 367 Å². The zero-order chi connectivity index (χ0) is 72.7. The van der Waals surface area contributed by atoms with Crippen molar-refractivity contribution in [1.82, 2.24) is 45.2 Å². The van der Waals surface area contributed by atoms with Gasteiger partial charge in [-0.25, -0.2) is 24.4 Å². The Balaban J connectivity index is 0.700. The molecule has 5 aliphatic rings. The van der Waals surface area contributed by atoms with Gasteiger partial charge in [0.2, 0.25) is 11.8 Å². The lowest BCUT2D eigenvalue weighted by Gasteiger charge is -2.69. The molecule has 12 rings (SSSR count). The Bertz CT molecular complexity index is 4360. The van der Waals surface area contributed by atoms with Crippen molar-refractivity contribution in [1.29, 1.82) is 0 Å². The molecular weight excluding hydrogens is 1320 g/mol. The fraction of sp³-hybridized carbons (Fsp3) is 0.440. The van der Waals surface area contributed by atoms with Crippen LogP contribution in [0.5, 0.6) is 0 Å². The number of thiazole rings is 1. The summed E-state index contributed by atoms with van der Waals surface area (Å²) in [5, 5.41) is 37.5. The van der Waals surface area contributed by atoms with Crippen molar-refractivity contribution in [3.8, 4) is 22.4 Å². The third-order valence-electron chi connectivity index (χ3n) is 20.0. The summed E-state index contributed by atoms with van der Waals surface area (Å²) in [5.74, 6) is -5.75. The van der Waals surface area contributed by atoms with Gasteiger partial charge in [0.25, 0.3) is 17.7 Å². The molecule has 4 saturated carbocycles. The lowest BCUT2D eigenvalue weighted by Crippen LogP contribution is -2.64. The Morgan fingerprint density at radius 3 is 2.22 bits per heavy atom. The number of nitrogens with zero attached hydrogens (tertiary/aromatic N) is 7. The molecule has 4 aromatic heterocycles. The molecule has 1 aliphatic heterocycles. The predicted molar refractivity (Wildman–Crippen MR) is 381 cm³/mol. The van der Waals surface area contributed by atoms with Crippen molar-refractivity contribution in [3.63, 3.8) is 0 Å². The quantitative estimate of drug-likeness (QED) is 0.0148. The van der Waals surface area contributed by atoms with Gasteiger partial charge in [-0.1, -0.05) is 75.8 Å². The Labute approximate surface area is 593 Å². The van der Waals surface area contributed by atoms with Crippen LogP contribution in [0.25, 0.3) is 43.5 Å². The van der Waals surface area contributed by atoms with E-state index < -0.39 is 47.5 Å². The van der Waals surface area contributed by atoms with Crippen molar-refractivity contribution >= 4 is 103 Å². The second-order valence-corrected chi connectivity index (χ2v) is 29.9. The number of aromatic nitrogens is 5. The Morgan fingerprint density at radius 1 is 0.775 bits per heavy atom. The first-order chi connectivity index (χ1) is 48.7. The van der Waals surface area contributed by atoms with Gasteiger partial charge in [-0.3, -0.25) is 53.4 Å². The van der Waals surface area contributed by atoms with Crippen LogP contribution >= 0.6 is 11.3 Å². The highest BCUT2D eigenvalue weighted by Gasteiger charge is 2.66. The molecule has 4 atom stereocenters. The molecule has 8 amide bonds. The second-order valence-electron chi connectivity index (χ2n) is 28.9. The number of carboxylic acids is 2. The summed E-state index contributed by atoms with van der Waals surface area (Å²) in [4.78, 5) is 145. The summed E-state index contributed by atoms with van der Waals surface area (Å²) in [5.41, 5.74) is 9.45. The van der Waals surface area contributed by atoms with Gasteiger partial charge in [0.05, 0.1) is 52.3 Å². The molecule has 26 nitrogen and oxygen atoms in total. The molecule has 0 radical (unpaired) electrons. The summed E-state index contributed by atoms with van der Waals surface area (Å²) >= 11 is 1.37. The first-order valence-corrected chi connectivity index (χ1v) is 35.4. The number of para-hydroxylation sites is 1. The monoisotopic (exact) mass is 1410 g/mol. The molecule has 7 aromatic rings. The van der Waals surface area contributed by atoms with E-state index in [2.05, 4.69) is 45.1 Å². The number of nitrogens with one attached hydrogen (secondary N) is 4. The van der Waals surface area contributed by atoms with Crippen LogP contribution in [0.4, 0.5) is 20.4 Å². The number of imide groups is 1. The fourth-order valence-corrected chi connectivity index (χ4v) is 17.3. The van der Waals surface area contributed by atoms with Crippen LogP contribution in [0, 0.1) is 35.0 Å². The number of carbonyl (C=O) groups excluding carboxylic acids is 8. The smallest absolute Gasteiger partial charge is 0.410 e. The Kier molecular flexibility index (Phi) is 22.1. The number of ketones is 1. The van der Waals surface area contributed by atoms with E-state index in [9.17, 15) is 58.2 Å². The van der Waals surface area contributed by atoms with Gasteiger partial charge in [0, 0.05) is 109 Å². The van der Waals surface area contributed by atoms with Gasteiger partial charge in [-0.05, 0) is 153 Å². The number of primary amides is 1. The van der Waals surface area contributed by atoms with Gasteiger partial charge in [-0.2, -0.15) is 5.10 Å². The molecular formula is C75H86N12O14S. The van der Waals surface area contributed by atoms with E-state index in [1.807, 2.05) is 35.9 Å². The van der Waals surface area contributed by atoms with E-state index in [-0.39, 0.29) is 122 Å². The molecule has 536 valence electrons. The Morgan fingerprint density at radius 2 is 1.51 bits per heavy atom. The predicted octanol–water partition coefficient (Wildman–Crippen LogP) is 10.9. The van der Waals surface area contributed by atoms with Crippen molar-refractivity contribution in [2.24, 2.45) is 33.8 Å². The molecule has 4 fully saturated rings. The van der Waals surface area contributed by atoms with E-state index in [1.54, 1.807) is 86.9 Å². The maximum absolute atomic E-state index is 13.9. The first kappa shape index (κ1) is 73.0. The minimum absolute atomic E-state index is 0.0562. The van der Waals surface area contributed by atoms with Gasteiger partial charge in [0.1, 0.15) is 6.61 Å². The van der Waals surface area contributed by atoms with Crippen LogP contribution in [-0.2, 0) is 51.4 Å². The average molecular weight is 1410 g/mol. The SMILES string of the molecule is Cc1c(-c2ccc(-c3cnc4cccc(C(=O)Nc5nc6ccccc6s5)c4c3)nc2C(=O)O)cnn1CC12CC3(C)CC(C)(C1)CC(OCCN(CCC(=O)O)C(=O)OCc1ccc(NC(=O)[C@H](CCCNC(N)=O)CC(=O)[C@@H](NC(=O)CCCCCN4C(=O)C=CC4=O)C(C)C)cc1)(C3)C2. The molecule has 2 unspecified atom stereocenters. The normalized spacial score (nSPS) is 20.2. The number of benzene rings is 3. The van der Waals surface area contributed by atoms with Gasteiger partial charge in [0.15, 0.2) is 16.6 Å². The molecule has 4 bridgehead atoms. The molecule has 8 N–H and O–H groups in total. The fourth-order valence-electron chi connectivity index (χ4n) is 16.5. The molecule has 102 heavy (non-hydrogen) atoms.